The van der Waals surface area contributed by atoms with E-state index < -0.39 is 23.9 Å². The highest BCUT2D eigenvalue weighted by Crippen LogP contribution is 2.24. The number of carbonyl (C=O) groups excluding carboxylic acids is 3. The highest BCUT2D eigenvalue weighted by Gasteiger charge is 2.22. The molecule has 9 heteroatoms. The summed E-state index contributed by atoms with van der Waals surface area (Å²) in [6.45, 7) is 4.10. The maximum Gasteiger partial charge on any atom is 0.338 e. The summed E-state index contributed by atoms with van der Waals surface area (Å²) < 4.78 is 15.9. The molecule has 28 heavy (non-hydrogen) atoms. The monoisotopic (exact) mass is 406 g/mol. The van der Waals surface area contributed by atoms with Crippen molar-refractivity contribution < 1.29 is 28.6 Å². The van der Waals surface area contributed by atoms with E-state index in [-0.39, 0.29) is 17.7 Å². The van der Waals surface area contributed by atoms with Crippen molar-refractivity contribution in [1.82, 2.24) is 0 Å². The lowest BCUT2D eigenvalue weighted by atomic mass is 10.1. The van der Waals surface area contributed by atoms with Crippen LogP contribution >= 0.6 is 11.3 Å². The molecule has 2 amide bonds. The third-order valence-corrected chi connectivity index (χ3v) is 4.63. The average molecular weight is 406 g/mol. The second kappa shape index (κ2) is 9.86. The second-order valence-corrected chi connectivity index (χ2v) is 6.64. The van der Waals surface area contributed by atoms with E-state index in [9.17, 15) is 14.4 Å². The van der Waals surface area contributed by atoms with Crippen molar-refractivity contribution in [3.63, 3.8) is 0 Å². The Labute approximate surface area is 166 Å². The Hall–Kier alpha value is -2.91. The molecule has 150 valence electrons. The largest absolute Gasteiger partial charge is 0.496 e. The summed E-state index contributed by atoms with van der Waals surface area (Å²) in [4.78, 5) is 36.0. The van der Waals surface area contributed by atoms with Gasteiger partial charge in [0.1, 0.15) is 10.8 Å². The van der Waals surface area contributed by atoms with Crippen LogP contribution in [0.4, 0.5) is 5.00 Å². The molecule has 0 fully saturated rings. The number of anilines is 1. The molecule has 0 unspecified atom stereocenters. The third-order valence-electron chi connectivity index (χ3n) is 3.80. The van der Waals surface area contributed by atoms with Crippen LogP contribution in [-0.4, -0.2) is 37.6 Å². The van der Waals surface area contributed by atoms with Gasteiger partial charge in [0, 0.05) is 12.2 Å². The number of nitrogens with two attached hydrogens (primary N) is 1. The molecular formula is C19H22N2O6S. The number of thiophene rings is 1. The van der Waals surface area contributed by atoms with Gasteiger partial charge in [0.15, 0.2) is 6.10 Å². The number of esters is 1. The minimum absolute atomic E-state index is 0.201. The van der Waals surface area contributed by atoms with Crippen molar-refractivity contribution in [1.29, 1.82) is 0 Å². The van der Waals surface area contributed by atoms with Gasteiger partial charge >= 0.3 is 5.97 Å². The molecule has 0 spiro atoms. The van der Waals surface area contributed by atoms with E-state index in [0.717, 1.165) is 11.3 Å². The lowest BCUT2D eigenvalue weighted by molar-refractivity contribution is -0.123. The Morgan fingerprint density at radius 2 is 2.00 bits per heavy atom. The molecule has 2 aromatic rings. The topological polar surface area (TPSA) is 117 Å². The Morgan fingerprint density at radius 3 is 2.64 bits per heavy atom. The Kier molecular flexibility index (Phi) is 7.53. The summed E-state index contributed by atoms with van der Waals surface area (Å²) >= 11 is 1.15. The summed E-state index contributed by atoms with van der Waals surface area (Å²) in [7, 11) is 1.53. The van der Waals surface area contributed by atoms with Gasteiger partial charge in [-0.3, -0.25) is 9.59 Å². The van der Waals surface area contributed by atoms with Gasteiger partial charge in [0.25, 0.3) is 11.8 Å². The highest BCUT2D eigenvalue weighted by molar-refractivity contribution is 7.14. The number of methoxy groups -OCH3 is 1. The number of carbonyl (C=O) groups is 3. The fourth-order valence-corrected chi connectivity index (χ4v) is 3.12. The SMILES string of the molecule is CCOCc1cc(C(=O)O[C@H](C)C(=O)Nc2sccc2C(N)=O)ccc1OC. The van der Waals surface area contributed by atoms with Crippen LogP contribution in [0.25, 0.3) is 0 Å². The smallest absolute Gasteiger partial charge is 0.338 e. The molecule has 0 radical (unpaired) electrons. The van der Waals surface area contributed by atoms with E-state index in [1.54, 1.807) is 23.6 Å². The van der Waals surface area contributed by atoms with Gasteiger partial charge < -0.3 is 25.3 Å². The van der Waals surface area contributed by atoms with Gasteiger partial charge in [-0.1, -0.05) is 0 Å². The number of rotatable bonds is 9. The first-order valence-electron chi connectivity index (χ1n) is 8.51. The number of hydrogen-bond donors (Lipinski definition) is 2. The van der Waals surface area contributed by atoms with Crippen LogP contribution in [0.2, 0.25) is 0 Å². The molecule has 0 aliphatic carbocycles. The van der Waals surface area contributed by atoms with Crippen LogP contribution in [-0.2, 0) is 20.9 Å². The molecule has 0 aliphatic rings. The fraction of sp³-hybridized carbons (Fsp3) is 0.316. The number of nitrogens with one attached hydrogen (secondary N) is 1. The minimum atomic E-state index is -1.08. The molecular weight excluding hydrogens is 384 g/mol. The lowest BCUT2D eigenvalue weighted by Gasteiger charge is -2.14. The van der Waals surface area contributed by atoms with Crippen LogP contribution in [0.3, 0.4) is 0 Å². The van der Waals surface area contributed by atoms with Gasteiger partial charge in [-0.05, 0) is 43.5 Å². The van der Waals surface area contributed by atoms with Crippen molar-refractivity contribution in [2.45, 2.75) is 26.6 Å². The van der Waals surface area contributed by atoms with Crippen molar-refractivity contribution in [2.75, 3.05) is 19.0 Å². The zero-order valence-corrected chi connectivity index (χ0v) is 16.6. The first kappa shape index (κ1) is 21.4. The Bertz CT molecular complexity index is 864. The van der Waals surface area contributed by atoms with Gasteiger partial charge in [0.05, 0.1) is 24.8 Å². The Balaban J connectivity index is 2.05. The second-order valence-electron chi connectivity index (χ2n) is 5.73. The van der Waals surface area contributed by atoms with Crippen molar-refractivity contribution in [3.8, 4) is 5.75 Å². The van der Waals surface area contributed by atoms with Gasteiger partial charge in [-0.2, -0.15) is 0 Å². The van der Waals surface area contributed by atoms with Crippen LogP contribution in [0.15, 0.2) is 29.6 Å². The summed E-state index contributed by atoms with van der Waals surface area (Å²) in [6.07, 6.45) is -1.08. The molecule has 8 nitrogen and oxygen atoms in total. The van der Waals surface area contributed by atoms with Crippen LogP contribution in [0, 0.1) is 0 Å². The molecule has 2 rings (SSSR count). The molecule has 1 atom stereocenters. The normalized spacial score (nSPS) is 11.5. The van der Waals surface area contributed by atoms with Crippen molar-refractivity contribution in [3.05, 3.63) is 46.3 Å². The van der Waals surface area contributed by atoms with Crippen molar-refractivity contribution in [2.24, 2.45) is 5.73 Å². The zero-order chi connectivity index (χ0) is 20.7. The van der Waals surface area contributed by atoms with E-state index in [2.05, 4.69) is 5.32 Å². The molecule has 1 aromatic heterocycles. The molecule has 1 heterocycles. The Morgan fingerprint density at radius 1 is 1.25 bits per heavy atom. The predicted molar refractivity (Wildman–Crippen MR) is 105 cm³/mol. The summed E-state index contributed by atoms with van der Waals surface area (Å²) in [5.74, 6) is -1.29. The molecule has 3 N–H and O–H groups in total. The van der Waals surface area contributed by atoms with Crippen molar-refractivity contribution >= 4 is 34.1 Å². The van der Waals surface area contributed by atoms with Crippen LogP contribution in [0.5, 0.6) is 5.75 Å². The van der Waals surface area contributed by atoms with E-state index in [4.69, 9.17) is 19.9 Å². The summed E-state index contributed by atoms with van der Waals surface area (Å²) in [6, 6.07) is 6.30. The van der Waals surface area contributed by atoms with Gasteiger partial charge in [0.2, 0.25) is 0 Å². The highest BCUT2D eigenvalue weighted by atomic mass is 32.1. The summed E-state index contributed by atoms with van der Waals surface area (Å²) in [5.41, 5.74) is 6.41. The van der Waals surface area contributed by atoms with Gasteiger partial charge in [-0.15, -0.1) is 11.3 Å². The fourth-order valence-electron chi connectivity index (χ4n) is 2.33. The molecule has 0 aliphatic heterocycles. The molecule has 0 bridgehead atoms. The minimum Gasteiger partial charge on any atom is -0.496 e. The van der Waals surface area contributed by atoms with E-state index in [1.807, 2.05) is 6.92 Å². The number of hydrogen-bond acceptors (Lipinski definition) is 7. The average Bonchev–Trinajstić information content (AvgIpc) is 3.14. The zero-order valence-electron chi connectivity index (χ0n) is 15.8. The molecule has 0 saturated heterocycles. The quantitative estimate of drug-likeness (QED) is 0.618. The predicted octanol–water partition coefficient (Wildman–Crippen LogP) is 2.58. The van der Waals surface area contributed by atoms with E-state index >= 15 is 0 Å². The number of primary amides is 1. The first-order valence-corrected chi connectivity index (χ1v) is 9.39. The number of ether oxygens (including phenoxy) is 3. The van der Waals surface area contributed by atoms with Crippen LogP contribution in [0.1, 0.15) is 40.1 Å². The maximum absolute atomic E-state index is 12.4. The number of benzene rings is 1. The van der Waals surface area contributed by atoms with E-state index in [0.29, 0.717) is 22.9 Å². The summed E-state index contributed by atoms with van der Waals surface area (Å²) in [5, 5.41) is 4.49. The molecule has 1 aromatic carbocycles. The van der Waals surface area contributed by atoms with Gasteiger partial charge in [-0.25, -0.2) is 4.79 Å². The third kappa shape index (κ3) is 5.30. The standard InChI is InChI=1S/C19H22N2O6S/c1-4-26-10-13-9-12(5-6-15(13)25-3)19(24)27-11(2)17(23)21-18-14(16(20)22)7-8-28-18/h5-9,11H,4,10H2,1-3H3,(H2,20,22)(H,21,23)/t11-/m1/s1. The maximum atomic E-state index is 12.4. The number of amides is 2. The van der Waals surface area contributed by atoms with Crippen LogP contribution < -0.4 is 15.8 Å². The first-order chi connectivity index (χ1) is 13.4. The lowest BCUT2D eigenvalue weighted by Crippen LogP contribution is -2.30. The molecule has 0 saturated carbocycles. The van der Waals surface area contributed by atoms with E-state index in [1.165, 1.54) is 20.1 Å².